The maximum absolute atomic E-state index is 13.2. The summed E-state index contributed by atoms with van der Waals surface area (Å²) in [6.07, 6.45) is 3.75. The Bertz CT molecular complexity index is 667. The first-order valence-corrected chi connectivity index (χ1v) is 8.81. The van der Waals surface area contributed by atoms with Crippen molar-refractivity contribution < 1.29 is 9.18 Å². The van der Waals surface area contributed by atoms with E-state index in [1.54, 1.807) is 12.1 Å². The number of halogens is 1. The summed E-state index contributed by atoms with van der Waals surface area (Å²) in [6, 6.07) is 6.30. The highest BCUT2D eigenvalue weighted by atomic mass is 32.1. The fourth-order valence-corrected chi connectivity index (χ4v) is 3.53. The summed E-state index contributed by atoms with van der Waals surface area (Å²) >= 11 is 1.36. The zero-order chi connectivity index (χ0) is 16.1. The van der Waals surface area contributed by atoms with Crippen LogP contribution >= 0.6 is 11.3 Å². The Balaban J connectivity index is 1.53. The van der Waals surface area contributed by atoms with E-state index in [2.05, 4.69) is 15.6 Å². The lowest BCUT2D eigenvalue weighted by molar-refractivity contribution is -0.116. The van der Waals surface area contributed by atoms with Crippen molar-refractivity contribution in [2.75, 3.05) is 18.4 Å². The Morgan fingerprint density at radius 1 is 1.39 bits per heavy atom. The van der Waals surface area contributed by atoms with Crippen LogP contribution in [0, 0.1) is 11.7 Å². The molecule has 0 spiro atoms. The van der Waals surface area contributed by atoms with Gasteiger partial charge in [0.15, 0.2) is 5.13 Å². The number of nitrogens with zero attached hydrogens (tertiary/aromatic N) is 1. The van der Waals surface area contributed by atoms with Crippen LogP contribution in [0.2, 0.25) is 0 Å². The number of aromatic nitrogens is 1. The molecule has 1 aromatic carbocycles. The summed E-state index contributed by atoms with van der Waals surface area (Å²) in [7, 11) is 0. The molecule has 0 radical (unpaired) electrons. The van der Waals surface area contributed by atoms with Crippen LogP contribution < -0.4 is 10.6 Å². The summed E-state index contributed by atoms with van der Waals surface area (Å²) in [5.41, 5.74) is 1.40. The molecule has 0 unspecified atom stereocenters. The number of amides is 1. The van der Waals surface area contributed by atoms with E-state index in [4.69, 9.17) is 0 Å². The second-order valence-corrected chi connectivity index (χ2v) is 6.69. The Hall–Kier alpha value is -1.79. The molecule has 0 aliphatic carbocycles. The van der Waals surface area contributed by atoms with E-state index in [0.29, 0.717) is 23.2 Å². The van der Waals surface area contributed by atoms with E-state index in [1.807, 2.05) is 5.38 Å². The van der Waals surface area contributed by atoms with Gasteiger partial charge >= 0.3 is 0 Å². The van der Waals surface area contributed by atoms with Crippen molar-refractivity contribution in [3.8, 4) is 11.3 Å². The number of carbonyl (C=O) groups excluding carboxylic acids is 1. The number of carbonyl (C=O) groups is 1. The first-order valence-electron chi connectivity index (χ1n) is 7.93. The maximum Gasteiger partial charge on any atom is 0.226 e. The average Bonchev–Trinajstić information content (AvgIpc) is 3.02. The highest BCUT2D eigenvalue weighted by Crippen LogP contribution is 2.26. The van der Waals surface area contributed by atoms with Gasteiger partial charge in [-0.3, -0.25) is 4.79 Å². The molecule has 1 fully saturated rings. The van der Waals surface area contributed by atoms with Gasteiger partial charge in [-0.1, -0.05) is 12.1 Å². The van der Waals surface area contributed by atoms with Crippen molar-refractivity contribution >= 4 is 22.4 Å². The molecule has 23 heavy (non-hydrogen) atoms. The fourth-order valence-electron chi connectivity index (χ4n) is 2.80. The third-order valence-electron chi connectivity index (χ3n) is 4.11. The quantitative estimate of drug-likeness (QED) is 0.878. The molecule has 3 rings (SSSR count). The lowest BCUT2D eigenvalue weighted by Crippen LogP contribution is -2.28. The molecule has 122 valence electrons. The number of rotatable bonds is 5. The van der Waals surface area contributed by atoms with Crippen LogP contribution in [0.5, 0.6) is 0 Å². The Kier molecular flexibility index (Phi) is 5.35. The van der Waals surface area contributed by atoms with Crippen LogP contribution in [0.15, 0.2) is 29.6 Å². The molecule has 0 bridgehead atoms. The molecule has 2 N–H and O–H groups in total. The first kappa shape index (κ1) is 16.1. The summed E-state index contributed by atoms with van der Waals surface area (Å²) in [5.74, 6) is 0.355. The van der Waals surface area contributed by atoms with E-state index in [-0.39, 0.29) is 11.7 Å². The van der Waals surface area contributed by atoms with E-state index in [0.717, 1.165) is 37.9 Å². The second-order valence-electron chi connectivity index (χ2n) is 5.83. The molecule has 2 aromatic rings. The van der Waals surface area contributed by atoms with Crippen molar-refractivity contribution in [1.29, 1.82) is 0 Å². The van der Waals surface area contributed by atoms with Crippen LogP contribution in [0.1, 0.15) is 25.7 Å². The third kappa shape index (κ3) is 4.59. The van der Waals surface area contributed by atoms with Crippen LogP contribution in [0.3, 0.4) is 0 Å². The molecule has 0 saturated carbocycles. The molecule has 1 aliphatic heterocycles. The topological polar surface area (TPSA) is 54.0 Å². The molecule has 2 heterocycles. The minimum atomic E-state index is -0.289. The standard InChI is InChI=1S/C17H20FN3OS/c18-14-3-1-2-13(10-14)15-11-23-17(20-15)21-16(22)5-4-12-6-8-19-9-7-12/h1-3,10-12,19H,4-9H2,(H,20,21,22). The van der Waals surface area contributed by atoms with Crippen molar-refractivity contribution in [3.05, 3.63) is 35.5 Å². The monoisotopic (exact) mass is 333 g/mol. The molecule has 6 heteroatoms. The van der Waals surface area contributed by atoms with E-state index in [1.165, 1.54) is 23.5 Å². The average molecular weight is 333 g/mol. The zero-order valence-corrected chi connectivity index (χ0v) is 13.7. The van der Waals surface area contributed by atoms with Gasteiger partial charge in [0.05, 0.1) is 5.69 Å². The van der Waals surface area contributed by atoms with Crippen LogP contribution in [0.4, 0.5) is 9.52 Å². The summed E-state index contributed by atoms with van der Waals surface area (Å²) in [4.78, 5) is 16.4. The summed E-state index contributed by atoms with van der Waals surface area (Å²) in [5, 5.41) is 8.57. The van der Waals surface area contributed by atoms with Gasteiger partial charge in [-0.25, -0.2) is 9.37 Å². The number of anilines is 1. The maximum atomic E-state index is 13.2. The van der Waals surface area contributed by atoms with E-state index < -0.39 is 0 Å². The number of thiazole rings is 1. The number of nitrogens with one attached hydrogen (secondary N) is 2. The van der Waals surface area contributed by atoms with Gasteiger partial charge in [-0.15, -0.1) is 11.3 Å². The van der Waals surface area contributed by atoms with Gasteiger partial charge in [-0.2, -0.15) is 0 Å². The van der Waals surface area contributed by atoms with Gasteiger partial charge in [0.1, 0.15) is 5.82 Å². The SMILES string of the molecule is O=C(CCC1CCNCC1)Nc1nc(-c2cccc(F)c2)cs1. The van der Waals surface area contributed by atoms with Gasteiger partial charge in [0.25, 0.3) is 0 Å². The zero-order valence-electron chi connectivity index (χ0n) is 12.8. The normalized spacial score (nSPS) is 15.5. The van der Waals surface area contributed by atoms with Gasteiger partial charge in [-0.05, 0) is 50.4 Å². The van der Waals surface area contributed by atoms with Gasteiger partial charge in [0.2, 0.25) is 5.91 Å². The number of benzene rings is 1. The minimum absolute atomic E-state index is 0.00340. The lowest BCUT2D eigenvalue weighted by Gasteiger charge is -2.21. The van der Waals surface area contributed by atoms with Gasteiger partial charge in [0, 0.05) is 17.4 Å². The molecule has 4 nitrogen and oxygen atoms in total. The van der Waals surface area contributed by atoms with Crippen molar-refractivity contribution in [2.24, 2.45) is 5.92 Å². The molecular formula is C17H20FN3OS. The fraction of sp³-hybridized carbons (Fsp3) is 0.412. The molecule has 1 saturated heterocycles. The van der Waals surface area contributed by atoms with Crippen LogP contribution in [0.25, 0.3) is 11.3 Å². The van der Waals surface area contributed by atoms with E-state index in [9.17, 15) is 9.18 Å². The van der Waals surface area contributed by atoms with Crippen molar-refractivity contribution in [1.82, 2.24) is 10.3 Å². The van der Waals surface area contributed by atoms with Crippen molar-refractivity contribution in [3.63, 3.8) is 0 Å². The summed E-state index contributed by atoms with van der Waals surface area (Å²) in [6.45, 7) is 2.10. The predicted molar refractivity (Wildman–Crippen MR) is 91.0 cm³/mol. The van der Waals surface area contributed by atoms with Crippen molar-refractivity contribution in [2.45, 2.75) is 25.7 Å². The van der Waals surface area contributed by atoms with Gasteiger partial charge < -0.3 is 10.6 Å². The summed E-state index contributed by atoms with van der Waals surface area (Å²) < 4.78 is 13.2. The van der Waals surface area contributed by atoms with Crippen LogP contribution in [-0.4, -0.2) is 24.0 Å². The smallest absolute Gasteiger partial charge is 0.226 e. The number of piperidine rings is 1. The molecule has 1 aliphatic rings. The predicted octanol–water partition coefficient (Wildman–Crippen LogP) is 3.67. The molecule has 1 amide bonds. The molecule has 0 atom stereocenters. The lowest BCUT2D eigenvalue weighted by atomic mass is 9.93. The highest BCUT2D eigenvalue weighted by Gasteiger charge is 2.15. The first-order chi connectivity index (χ1) is 11.2. The molecular weight excluding hydrogens is 313 g/mol. The highest BCUT2D eigenvalue weighted by molar-refractivity contribution is 7.14. The number of hydrogen-bond acceptors (Lipinski definition) is 4. The Morgan fingerprint density at radius 2 is 2.22 bits per heavy atom. The number of hydrogen-bond donors (Lipinski definition) is 2. The van der Waals surface area contributed by atoms with E-state index >= 15 is 0 Å². The molecule has 1 aromatic heterocycles. The largest absolute Gasteiger partial charge is 0.317 e. The van der Waals surface area contributed by atoms with Crippen LogP contribution in [-0.2, 0) is 4.79 Å². The Labute approximate surface area is 139 Å². The Morgan fingerprint density at radius 3 is 3.00 bits per heavy atom. The minimum Gasteiger partial charge on any atom is -0.317 e. The second kappa shape index (κ2) is 7.66. The third-order valence-corrected chi connectivity index (χ3v) is 4.87.